The highest BCUT2D eigenvalue weighted by atomic mass is 32.2. The number of carboxylic acid groups (broad SMARTS) is 1. The van der Waals surface area contributed by atoms with Crippen LogP contribution >= 0.6 is 11.8 Å². The Morgan fingerprint density at radius 1 is 1.41 bits per heavy atom. The summed E-state index contributed by atoms with van der Waals surface area (Å²) in [6, 6.07) is 3.19. The van der Waals surface area contributed by atoms with E-state index in [1.165, 1.54) is 0 Å². The predicted molar refractivity (Wildman–Crippen MR) is 63.9 cm³/mol. The van der Waals surface area contributed by atoms with Crippen LogP contribution in [0.25, 0.3) is 0 Å². The van der Waals surface area contributed by atoms with Crippen molar-refractivity contribution < 1.29 is 18.7 Å². The number of rotatable bonds is 5. The summed E-state index contributed by atoms with van der Waals surface area (Å²) < 4.78 is 26.2. The van der Waals surface area contributed by atoms with Crippen molar-refractivity contribution in [2.75, 3.05) is 0 Å². The Morgan fingerprint density at radius 2 is 2.06 bits per heavy atom. The molecule has 17 heavy (non-hydrogen) atoms. The van der Waals surface area contributed by atoms with Crippen molar-refractivity contribution in [1.82, 2.24) is 0 Å². The molecule has 1 atom stereocenters. The molecule has 0 saturated carbocycles. The van der Waals surface area contributed by atoms with Crippen LogP contribution in [0.3, 0.4) is 0 Å². The van der Waals surface area contributed by atoms with Crippen molar-refractivity contribution in [1.29, 1.82) is 0 Å². The minimum absolute atomic E-state index is 0.0610. The molecule has 5 heteroatoms. The van der Waals surface area contributed by atoms with Crippen LogP contribution in [0.1, 0.15) is 19.4 Å². The first-order chi connectivity index (χ1) is 7.91. The summed E-state index contributed by atoms with van der Waals surface area (Å²) in [6.07, 6.45) is 0. The van der Waals surface area contributed by atoms with Gasteiger partial charge in [-0.1, -0.05) is 13.8 Å². The molecule has 0 heterocycles. The third kappa shape index (κ3) is 4.00. The fraction of sp³-hybridized carbons (Fsp3) is 0.417. The van der Waals surface area contributed by atoms with Gasteiger partial charge in [0.05, 0.1) is 0 Å². The zero-order valence-corrected chi connectivity index (χ0v) is 10.4. The molecule has 0 bridgehead atoms. The number of carbonyl (C=O) groups is 1. The van der Waals surface area contributed by atoms with Crippen LogP contribution in [0.2, 0.25) is 0 Å². The predicted octanol–water partition coefficient (Wildman–Crippen LogP) is 3.31. The first kappa shape index (κ1) is 14.0. The van der Waals surface area contributed by atoms with Crippen LogP contribution in [0.4, 0.5) is 8.78 Å². The number of hydrogen-bond donors (Lipinski definition) is 1. The van der Waals surface area contributed by atoms with Gasteiger partial charge in [0.25, 0.3) is 0 Å². The minimum Gasteiger partial charge on any atom is -0.480 e. The number of carboxylic acids is 1. The summed E-state index contributed by atoms with van der Waals surface area (Å²) in [7, 11) is 0. The Hall–Kier alpha value is -1.10. The van der Waals surface area contributed by atoms with Gasteiger partial charge < -0.3 is 5.11 Å². The summed E-state index contributed by atoms with van der Waals surface area (Å²) in [6.45, 7) is 3.57. The number of halogens is 2. The zero-order chi connectivity index (χ0) is 13.0. The standard InChI is InChI=1S/C12H14F2O2S/c1-7(2)11(12(15)16)17-6-8-5-9(13)3-4-10(8)14/h3-5,7,11H,6H2,1-2H3,(H,15,16). The van der Waals surface area contributed by atoms with Crippen LogP contribution in [-0.2, 0) is 10.5 Å². The third-order valence-electron chi connectivity index (χ3n) is 2.28. The maximum absolute atomic E-state index is 13.3. The molecule has 1 aromatic carbocycles. The van der Waals surface area contributed by atoms with E-state index in [4.69, 9.17) is 5.11 Å². The van der Waals surface area contributed by atoms with Crippen molar-refractivity contribution in [3.05, 3.63) is 35.4 Å². The second kappa shape index (κ2) is 6.00. The highest BCUT2D eigenvalue weighted by Gasteiger charge is 2.22. The van der Waals surface area contributed by atoms with Gasteiger partial charge in [-0.05, 0) is 24.1 Å². The van der Waals surface area contributed by atoms with E-state index >= 15 is 0 Å². The number of thioether (sulfide) groups is 1. The van der Waals surface area contributed by atoms with E-state index in [-0.39, 0.29) is 17.2 Å². The van der Waals surface area contributed by atoms with E-state index in [1.54, 1.807) is 13.8 Å². The lowest BCUT2D eigenvalue weighted by atomic mass is 10.1. The summed E-state index contributed by atoms with van der Waals surface area (Å²) in [5, 5.41) is 8.34. The molecular weight excluding hydrogens is 246 g/mol. The summed E-state index contributed by atoms with van der Waals surface area (Å²) >= 11 is 1.11. The fourth-order valence-corrected chi connectivity index (χ4v) is 2.49. The van der Waals surface area contributed by atoms with Crippen molar-refractivity contribution >= 4 is 17.7 Å². The van der Waals surface area contributed by atoms with Crippen LogP contribution < -0.4 is 0 Å². The first-order valence-corrected chi connectivity index (χ1v) is 6.25. The van der Waals surface area contributed by atoms with Crippen molar-refractivity contribution in [3.63, 3.8) is 0 Å². The maximum atomic E-state index is 13.3. The second-order valence-electron chi connectivity index (χ2n) is 4.05. The van der Waals surface area contributed by atoms with Crippen LogP contribution in [0, 0.1) is 17.6 Å². The normalized spacial score (nSPS) is 12.8. The minimum atomic E-state index is -0.929. The molecule has 1 rings (SSSR count). The largest absolute Gasteiger partial charge is 0.480 e. The molecule has 2 nitrogen and oxygen atoms in total. The van der Waals surface area contributed by atoms with Crippen LogP contribution in [-0.4, -0.2) is 16.3 Å². The highest BCUT2D eigenvalue weighted by molar-refractivity contribution is 7.99. The average molecular weight is 260 g/mol. The lowest BCUT2D eigenvalue weighted by molar-refractivity contribution is -0.137. The van der Waals surface area contributed by atoms with E-state index < -0.39 is 22.9 Å². The molecule has 0 aliphatic carbocycles. The summed E-state index contributed by atoms with van der Waals surface area (Å²) in [4.78, 5) is 10.9. The first-order valence-electron chi connectivity index (χ1n) is 5.20. The van der Waals surface area contributed by atoms with Gasteiger partial charge in [0.2, 0.25) is 0 Å². The van der Waals surface area contributed by atoms with Gasteiger partial charge in [0.15, 0.2) is 0 Å². The van der Waals surface area contributed by atoms with Crippen LogP contribution in [0.15, 0.2) is 18.2 Å². The van der Waals surface area contributed by atoms with E-state index in [0.29, 0.717) is 0 Å². The molecule has 1 aromatic rings. The average Bonchev–Trinajstić information content (AvgIpc) is 2.22. The Labute approximate surface area is 103 Å². The smallest absolute Gasteiger partial charge is 0.316 e. The lowest BCUT2D eigenvalue weighted by Gasteiger charge is -2.15. The Kier molecular flexibility index (Phi) is 4.93. The Morgan fingerprint density at radius 3 is 2.59 bits per heavy atom. The van der Waals surface area contributed by atoms with Gasteiger partial charge in [-0.2, -0.15) is 0 Å². The fourth-order valence-electron chi connectivity index (χ4n) is 1.38. The van der Waals surface area contributed by atoms with Gasteiger partial charge in [-0.15, -0.1) is 11.8 Å². The number of aliphatic carboxylic acids is 1. The van der Waals surface area contributed by atoms with Crippen molar-refractivity contribution in [2.24, 2.45) is 5.92 Å². The second-order valence-corrected chi connectivity index (χ2v) is 5.18. The molecule has 0 amide bonds. The summed E-state index contributed by atoms with van der Waals surface area (Å²) in [5.74, 6) is -1.86. The maximum Gasteiger partial charge on any atom is 0.316 e. The molecular formula is C12H14F2O2S. The molecule has 94 valence electrons. The van der Waals surface area contributed by atoms with Gasteiger partial charge in [-0.25, -0.2) is 8.78 Å². The van der Waals surface area contributed by atoms with Gasteiger partial charge in [0, 0.05) is 11.3 Å². The number of benzene rings is 1. The van der Waals surface area contributed by atoms with E-state index in [2.05, 4.69) is 0 Å². The van der Waals surface area contributed by atoms with Gasteiger partial charge in [-0.3, -0.25) is 4.79 Å². The molecule has 1 N–H and O–H groups in total. The zero-order valence-electron chi connectivity index (χ0n) is 9.61. The molecule has 0 aromatic heterocycles. The van der Waals surface area contributed by atoms with Gasteiger partial charge in [0.1, 0.15) is 16.9 Å². The Bertz CT molecular complexity index is 407. The molecule has 0 aliphatic heterocycles. The molecule has 0 saturated heterocycles. The van der Waals surface area contributed by atoms with E-state index in [1.807, 2.05) is 0 Å². The molecule has 0 radical (unpaired) electrons. The molecule has 0 spiro atoms. The SMILES string of the molecule is CC(C)C(SCc1cc(F)ccc1F)C(=O)O. The highest BCUT2D eigenvalue weighted by Crippen LogP contribution is 2.25. The van der Waals surface area contributed by atoms with Crippen molar-refractivity contribution in [3.8, 4) is 0 Å². The van der Waals surface area contributed by atoms with Gasteiger partial charge >= 0.3 is 5.97 Å². The Balaban J connectivity index is 2.72. The molecule has 0 aliphatic rings. The number of hydrogen-bond acceptors (Lipinski definition) is 2. The van der Waals surface area contributed by atoms with Crippen molar-refractivity contribution in [2.45, 2.75) is 24.9 Å². The molecule has 1 unspecified atom stereocenters. The topological polar surface area (TPSA) is 37.3 Å². The quantitative estimate of drug-likeness (QED) is 0.882. The van der Waals surface area contributed by atoms with E-state index in [0.717, 1.165) is 30.0 Å². The lowest BCUT2D eigenvalue weighted by Crippen LogP contribution is -2.22. The monoisotopic (exact) mass is 260 g/mol. The molecule has 0 fully saturated rings. The van der Waals surface area contributed by atoms with Crippen LogP contribution in [0.5, 0.6) is 0 Å². The third-order valence-corrected chi connectivity index (χ3v) is 3.86. The summed E-state index contributed by atoms with van der Waals surface area (Å²) in [5.41, 5.74) is 0.196. The van der Waals surface area contributed by atoms with E-state index in [9.17, 15) is 13.6 Å².